The fourth-order valence-corrected chi connectivity index (χ4v) is 6.06. The Hall–Kier alpha value is -1.53. The molecule has 0 spiro atoms. The number of hydrogen-bond donors (Lipinski definition) is 0. The summed E-state index contributed by atoms with van der Waals surface area (Å²) in [7, 11) is 3.35. The normalized spacial score (nSPS) is 27.2. The smallest absolute Gasteiger partial charge is 0.163 e. The van der Waals surface area contributed by atoms with Gasteiger partial charge >= 0.3 is 0 Å². The third-order valence-electron chi connectivity index (χ3n) is 7.61. The second-order valence-corrected chi connectivity index (χ2v) is 9.99. The van der Waals surface area contributed by atoms with Gasteiger partial charge in [-0.15, -0.1) is 23.2 Å². The van der Waals surface area contributed by atoms with Gasteiger partial charge < -0.3 is 18.9 Å². The zero-order valence-corrected chi connectivity index (χ0v) is 21.0. The summed E-state index contributed by atoms with van der Waals surface area (Å²) in [6.07, 6.45) is 4.54. The Morgan fingerprint density at radius 3 is 2.24 bits per heavy atom. The third-order valence-corrected chi connectivity index (χ3v) is 7.61. The van der Waals surface area contributed by atoms with Crippen LogP contribution < -0.4 is 9.47 Å². The van der Waals surface area contributed by atoms with Crippen LogP contribution in [-0.2, 0) is 14.9 Å². The van der Waals surface area contributed by atoms with Crippen molar-refractivity contribution in [2.75, 3.05) is 32.8 Å². The SMILES string of the molecule is COc1ccc(OC)c2cc3c(cc12)C(=O)C[C@H]1[C@@H](C2OCCCO2)CCC[C@@]31C.ClCCl. The molecule has 33 heavy (non-hydrogen) atoms. The first-order chi connectivity index (χ1) is 16.0. The summed E-state index contributed by atoms with van der Waals surface area (Å²) in [4.78, 5) is 13.4. The number of fused-ring (bicyclic) bond motifs is 4. The van der Waals surface area contributed by atoms with E-state index in [1.165, 1.54) is 0 Å². The first-order valence-electron chi connectivity index (χ1n) is 11.6. The summed E-state index contributed by atoms with van der Waals surface area (Å²) in [5.41, 5.74) is 1.89. The molecule has 5 rings (SSSR count). The molecule has 3 aliphatic rings. The summed E-state index contributed by atoms with van der Waals surface area (Å²) in [6, 6.07) is 8.04. The van der Waals surface area contributed by atoms with E-state index < -0.39 is 0 Å². The Bertz CT molecular complexity index is 1000. The number of ketones is 1. The van der Waals surface area contributed by atoms with E-state index in [0.29, 0.717) is 6.42 Å². The minimum Gasteiger partial charge on any atom is -0.496 e. The molecule has 7 heteroatoms. The van der Waals surface area contributed by atoms with Crippen molar-refractivity contribution in [1.82, 2.24) is 0 Å². The fraction of sp³-hybridized carbons (Fsp3) is 0.577. The number of alkyl halides is 2. The van der Waals surface area contributed by atoms with E-state index in [-0.39, 0.29) is 34.7 Å². The molecule has 2 fully saturated rings. The largest absolute Gasteiger partial charge is 0.496 e. The number of halogens is 2. The van der Waals surface area contributed by atoms with Gasteiger partial charge in [0.25, 0.3) is 0 Å². The second-order valence-electron chi connectivity index (χ2n) is 9.19. The van der Waals surface area contributed by atoms with Gasteiger partial charge in [-0.3, -0.25) is 4.79 Å². The monoisotopic (exact) mass is 494 g/mol. The van der Waals surface area contributed by atoms with Crippen molar-refractivity contribution in [3.63, 3.8) is 0 Å². The molecule has 0 aromatic heterocycles. The highest BCUT2D eigenvalue weighted by molar-refractivity contribution is 6.40. The molecular formula is C26H32Cl2O5. The average Bonchev–Trinajstić information content (AvgIpc) is 2.84. The van der Waals surface area contributed by atoms with Crippen LogP contribution in [0.4, 0.5) is 0 Å². The molecule has 5 nitrogen and oxygen atoms in total. The molecule has 1 heterocycles. The van der Waals surface area contributed by atoms with Crippen LogP contribution in [0.3, 0.4) is 0 Å². The third kappa shape index (κ3) is 4.45. The van der Waals surface area contributed by atoms with Gasteiger partial charge in [-0.05, 0) is 60.4 Å². The first-order valence-corrected chi connectivity index (χ1v) is 12.6. The van der Waals surface area contributed by atoms with Crippen molar-refractivity contribution in [3.05, 3.63) is 35.4 Å². The molecule has 0 bridgehead atoms. The molecule has 2 aromatic carbocycles. The number of carbonyl (C=O) groups is 1. The van der Waals surface area contributed by atoms with Crippen molar-refractivity contribution < 1.29 is 23.7 Å². The number of methoxy groups -OCH3 is 2. The standard InChI is InChI=1S/C25H30O5.CH2Cl2/c1-25-9-4-6-15(24-29-10-5-11-30-24)20(25)14-21(26)18-12-16-17(13-19(18)25)23(28-3)8-7-22(16)27-2;2-1-3/h7-8,12-13,15,20,24H,4-6,9-11,14H2,1-3H3;1H2/t15-,20-,25-;/m0./s1. The van der Waals surface area contributed by atoms with E-state index in [4.69, 9.17) is 42.1 Å². The lowest BCUT2D eigenvalue weighted by Gasteiger charge is -2.51. The van der Waals surface area contributed by atoms with E-state index in [0.717, 1.165) is 72.3 Å². The summed E-state index contributed by atoms with van der Waals surface area (Å²) in [6.45, 7) is 3.82. The quantitative estimate of drug-likeness (QED) is 0.468. The van der Waals surface area contributed by atoms with Gasteiger partial charge in [-0.25, -0.2) is 0 Å². The van der Waals surface area contributed by atoms with Crippen LogP contribution in [0.2, 0.25) is 0 Å². The summed E-state index contributed by atoms with van der Waals surface area (Å²) in [5.74, 6) is 2.26. The maximum atomic E-state index is 13.4. The van der Waals surface area contributed by atoms with Gasteiger partial charge in [0.15, 0.2) is 12.1 Å². The highest BCUT2D eigenvalue weighted by atomic mass is 35.5. The number of ether oxygens (including phenoxy) is 4. The lowest BCUT2D eigenvalue weighted by molar-refractivity contribution is -0.223. The Balaban J connectivity index is 0.000000821. The zero-order chi connectivity index (χ0) is 23.6. The Kier molecular flexibility index (Phi) is 7.74. The number of carbonyl (C=O) groups excluding carboxylic acids is 1. The molecule has 0 N–H and O–H groups in total. The predicted molar refractivity (Wildman–Crippen MR) is 131 cm³/mol. The zero-order valence-electron chi connectivity index (χ0n) is 19.5. The first kappa shape index (κ1) is 24.6. The molecule has 2 aliphatic carbocycles. The van der Waals surface area contributed by atoms with Crippen LogP contribution >= 0.6 is 23.2 Å². The molecule has 1 saturated carbocycles. The summed E-state index contributed by atoms with van der Waals surface area (Å²) in [5, 5.41) is 2.12. The number of hydrogen-bond acceptors (Lipinski definition) is 5. The molecule has 1 saturated heterocycles. The molecule has 0 unspecified atom stereocenters. The Morgan fingerprint density at radius 1 is 1.03 bits per heavy atom. The van der Waals surface area contributed by atoms with Crippen molar-refractivity contribution in [2.24, 2.45) is 11.8 Å². The average molecular weight is 495 g/mol. The lowest BCUT2D eigenvalue weighted by atomic mass is 9.54. The van der Waals surface area contributed by atoms with E-state index in [9.17, 15) is 4.79 Å². The van der Waals surface area contributed by atoms with Crippen LogP contribution in [0, 0.1) is 11.8 Å². The van der Waals surface area contributed by atoms with Crippen LogP contribution in [0.5, 0.6) is 11.5 Å². The highest BCUT2D eigenvalue weighted by Crippen LogP contribution is 2.54. The van der Waals surface area contributed by atoms with Gasteiger partial charge in [-0.1, -0.05) is 13.3 Å². The minimum absolute atomic E-state index is 0.0847. The van der Waals surface area contributed by atoms with Crippen molar-refractivity contribution >= 4 is 39.8 Å². The number of rotatable bonds is 3. The van der Waals surface area contributed by atoms with Crippen molar-refractivity contribution in [3.8, 4) is 11.5 Å². The molecule has 1 aliphatic heterocycles. The number of benzene rings is 2. The highest BCUT2D eigenvalue weighted by Gasteiger charge is 2.51. The topological polar surface area (TPSA) is 54.0 Å². The molecule has 0 radical (unpaired) electrons. The fourth-order valence-electron chi connectivity index (χ4n) is 6.06. The Morgan fingerprint density at radius 2 is 1.64 bits per heavy atom. The van der Waals surface area contributed by atoms with Crippen molar-refractivity contribution in [2.45, 2.75) is 50.7 Å². The van der Waals surface area contributed by atoms with Crippen molar-refractivity contribution in [1.29, 1.82) is 0 Å². The summed E-state index contributed by atoms with van der Waals surface area (Å²) >= 11 is 9.53. The molecule has 180 valence electrons. The van der Waals surface area contributed by atoms with Gasteiger partial charge in [0, 0.05) is 28.7 Å². The molecule has 3 atom stereocenters. The van der Waals surface area contributed by atoms with Crippen LogP contribution in [-0.4, -0.2) is 44.8 Å². The second kappa shape index (κ2) is 10.4. The molecule has 2 aromatic rings. The Labute approximate surface area is 205 Å². The maximum Gasteiger partial charge on any atom is 0.163 e. The van der Waals surface area contributed by atoms with E-state index in [2.05, 4.69) is 13.0 Å². The van der Waals surface area contributed by atoms with E-state index >= 15 is 0 Å². The molecular weight excluding hydrogens is 463 g/mol. The van der Waals surface area contributed by atoms with E-state index in [1.807, 2.05) is 18.2 Å². The lowest BCUT2D eigenvalue weighted by Crippen LogP contribution is -2.50. The van der Waals surface area contributed by atoms with Gasteiger partial charge in [-0.2, -0.15) is 0 Å². The van der Waals surface area contributed by atoms with Crippen LogP contribution in [0.15, 0.2) is 24.3 Å². The van der Waals surface area contributed by atoms with E-state index in [1.54, 1.807) is 14.2 Å². The van der Waals surface area contributed by atoms with Gasteiger partial charge in [0.1, 0.15) is 11.5 Å². The van der Waals surface area contributed by atoms with Crippen LogP contribution in [0.25, 0.3) is 10.8 Å². The van der Waals surface area contributed by atoms with Gasteiger partial charge in [0.2, 0.25) is 0 Å². The van der Waals surface area contributed by atoms with Crippen LogP contribution in [0.1, 0.15) is 54.9 Å². The van der Waals surface area contributed by atoms with Gasteiger partial charge in [0.05, 0.1) is 32.8 Å². The minimum atomic E-state index is -0.187. The predicted octanol–water partition coefficient (Wildman–Crippen LogP) is 6.30. The number of Topliss-reactive ketones (excluding diaryl/α,β-unsaturated/α-hetero) is 1. The maximum absolute atomic E-state index is 13.4. The summed E-state index contributed by atoms with van der Waals surface area (Å²) < 4.78 is 23.2. The molecule has 0 amide bonds.